The van der Waals surface area contributed by atoms with Crippen LogP contribution >= 0.6 is 11.3 Å². The maximum absolute atomic E-state index is 14.1. The highest BCUT2D eigenvalue weighted by Crippen LogP contribution is 2.58. The third-order valence-electron chi connectivity index (χ3n) is 7.30. The van der Waals surface area contributed by atoms with Crippen LogP contribution in [0.2, 0.25) is 0 Å². The van der Waals surface area contributed by atoms with Gasteiger partial charge in [-0.1, -0.05) is 36.4 Å². The third kappa shape index (κ3) is 2.58. The van der Waals surface area contributed by atoms with Crippen molar-refractivity contribution in [3.05, 3.63) is 82.1 Å². The van der Waals surface area contributed by atoms with Gasteiger partial charge in [0.05, 0.1) is 30.0 Å². The molecule has 1 saturated heterocycles. The number of ether oxygens (including phenoxy) is 1. The van der Waals surface area contributed by atoms with Gasteiger partial charge in [0.15, 0.2) is 11.6 Å². The minimum atomic E-state index is -1.23. The number of hydrogen-bond acceptors (Lipinski definition) is 6. The molecule has 0 bridgehead atoms. The van der Waals surface area contributed by atoms with Crippen LogP contribution in [0.3, 0.4) is 0 Å². The third-order valence-corrected chi connectivity index (χ3v) is 8.19. The number of carbonyl (C=O) groups excluding carboxylic acids is 3. The van der Waals surface area contributed by atoms with Crippen molar-refractivity contribution in [2.75, 3.05) is 17.3 Å². The predicted molar refractivity (Wildman–Crippen MR) is 132 cm³/mol. The van der Waals surface area contributed by atoms with E-state index in [4.69, 9.17) is 4.74 Å². The summed E-state index contributed by atoms with van der Waals surface area (Å²) >= 11 is 1.33. The van der Waals surface area contributed by atoms with Gasteiger partial charge in [-0.05, 0) is 48.2 Å². The maximum Gasteiger partial charge on any atom is 0.238 e. The van der Waals surface area contributed by atoms with Gasteiger partial charge in [0.2, 0.25) is 5.91 Å². The summed E-state index contributed by atoms with van der Waals surface area (Å²) in [5.74, 6) is -0.754. The monoisotopic (exact) mass is 470 g/mol. The number of hydrogen-bond donors (Lipinski definition) is 1. The van der Waals surface area contributed by atoms with Crippen LogP contribution in [0.15, 0.2) is 66.1 Å². The number of amides is 1. The molecule has 3 aliphatic rings. The molecule has 0 aliphatic carbocycles. The molecule has 2 aromatic carbocycles. The Bertz CT molecular complexity index is 1380. The zero-order valence-electron chi connectivity index (χ0n) is 18.6. The topological polar surface area (TPSA) is 75.7 Å². The van der Waals surface area contributed by atoms with Gasteiger partial charge in [0.25, 0.3) is 0 Å². The molecular weight excluding hydrogens is 448 g/mol. The van der Waals surface area contributed by atoms with E-state index < -0.39 is 23.4 Å². The van der Waals surface area contributed by atoms with E-state index in [0.717, 1.165) is 16.8 Å². The lowest BCUT2D eigenvalue weighted by Crippen LogP contribution is -2.51. The van der Waals surface area contributed by atoms with E-state index in [2.05, 4.69) is 5.32 Å². The summed E-state index contributed by atoms with van der Waals surface area (Å²) in [7, 11) is 1.61. The van der Waals surface area contributed by atoms with Crippen molar-refractivity contribution in [3.63, 3.8) is 0 Å². The minimum Gasteiger partial charge on any atom is -0.497 e. The average Bonchev–Trinajstić information content (AvgIpc) is 3.55. The first-order valence-corrected chi connectivity index (χ1v) is 12.0. The van der Waals surface area contributed by atoms with E-state index in [0.29, 0.717) is 16.3 Å². The van der Waals surface area contributed by atoms with Crippen LogP contribution in [0, 0.1) is 5.92 Å². The zero-order chi connectivity index (χ0) is 23.6. The number of carbonyl (C=O) groups is 3. The number of anilines is 2. The van der Waals surface area contributed by atoms with Crippen molar-refractivity contribution < 1.29 is 19.1 Å². The maximum atomic E-state index is 14.1. The summed E-state index contributed by atoms with van der Waals surface area (Å²) in [6.07, 6.45) is 3.92. The van der Waals surface area contributed by atoms with Crippen LogP contribution in [-0.4, -0.2) is 36.7 Å². The number of nitrogens with zero attached hydrogens (tertiary/aromatic N) is 1. The highest BCUT2D eigenvalue weighted by Gasteiger charge is 2.69. The van der Waals surface area contributed by atoms with Gasteiger partial charge in [0.1, 0.15) is 11.2 Å². The largest absolute Gasteiger partial charge is 0.497 e. The van der Waals surface area contributed by atoms with Gasteiger partial charge in [-0.25, -0.2) is 0 Å². The van der Waals surface area contributed by atoms with Crippen molar-refractivity contribution in [2.24, 2.45) is 5.92 Å². The van der Waals surface area contributed by atoms with Gasteiger partial charge in [0, 0.05) is 16.9 Å². The molecule has 170 valence electrons. The van der Waals surface area contributed by atoms with Gasteiger partial charge in [-0.2, -0.15) is 0 Å². The van der Waals surface area contributed by atoms with Crippen LogP contribution in [0.25, 0.3) is 6.08 Å². The van der Waals surface area contributed by atoms with Crippen molar-refractivity contribution >= 4 is 46.3 Å². The van der Waals surface area contributed by atoms with E-state index >= 15 is 0 Å². The molecule has 6 rings (SSSR count). The van der Waals surface area contributed by atoms with Crippen LogP contribution in [0.5, 0.6) is 5.75 Å². The molecule has 4 atom stereocenters. The second kappa shape index (κ2) is 7.40. The molecule has 4 heterocycles. The van der Waals surface area contributed by atoms with Crippen molar-refractivity contribution in [2.45, 2.75) is 24.4 Å². The Kier molecular flexibility index (Phi) is 4.54. The van der Waals surface area contributed by atoms with E-state index in [-0.39, 0.29) is 17.5 Å². The Morgan fingerprint density at radius 3 is 2.68 bits per heavy atom. The van der Waals surface area contributed by atoms with Crippen LogP contribution in [0.4, 0.5) is 11.4 Å². The summed E-state index contributed by atoms with van der Waals surface area (Å²) in [5.41, 5.74) is 1.91. The Morgan fingerprint density at radius 1 is 1.12 bits per heavy atom. The second-order valence-electron chi connectivity index (χ2n) is 8.88. The first-order valence-electron chi connectivity index (χ1n) is 11.1. The molecule has 7 heteroatoms. The second-order valence-corrected chi connectivity index (χ2v) is 9.83. The Morgan fingerprint density at radius 2 is 1.94 bits per heavy atom. The number of para-hydroxylation sites is 1. The standard InChI is InChI=1S/C27H22N2O4S/c1-15(30)24-23(25(31)21-8-5-13-34-21)27(18-6-3-4-7-19(18)28-26(27)32)22-12-9-16-14-17(33-2)10-11-20(16)29(22)24/h3-14,22-24H,1-2H3,(H,28,32)/t22-,23-,24-,27+/m1/s1. The number of methoxy groups -OCH3 is 1. The van der Waals surface area contributed by atoms with Gasteiger partial charge < -0.3 is 15.0 Å². The number of benzene rings is 2. The number of ketones is 2. The predicted octanol–water partition coefficient (Wildman–Crippen LogP) is 4.32. The highest BCUT2D eigenvalue weighted by atomic mass is 32.1. The fraction of sp³-hybridized carbons (Fsp3) is 0.222. The number of rotatable bonds is 4. The minimum absolute atomic E-state index is 0.147. The number of fused-ring (bicyclic) bond motifs is 6. The normalized spacial score (nSPS) is 26.1. The van der Waals surface area contributed by atoms with Crippen LogP contribution in [-0.2, 0) is 15.0 Å². The van der Waals surface area contributed by atoms with E-state index in [1.807, 2.05) is 71.0 Å². The molecule has 3 aromatic rings. The Hall–Kier alpha value is -3.71. The summed E-state index contributed by atoms with van der Waals surface area (Å²) in [4.78, 5) is 43.9. The molecular formula is C27H22N2O4S. The Labute approximate surface area is 200 Å². The SMILES string of the molecule is COc1ccc2c(c1)C=C[C@H]1N2[C@H](C(C)=O)[C@H](C(=O)c2cccs2)[C@@]12C(=O)Nc1ccccc12. The van der Waals surface area contributed by atoms with E-state index in [9.17, 15) is 14.4 Å². The molecule has 1 N–H and O–H groups in total. The van der Waals surface area contributed by atoms with E-state index in [1.54, 1.807) is 13.2 Å². The summed E-state index contributed by atoms with van der Waals surface area (Å²) in [5, 5.41) is 4.86. The molecule has 3 aliphatic heterocycles. The number of nitrogens with one attached hydrogen (secondary N) is 1. The summed E-state index contributed by atoms with van der Waals surface area (Å²) < 4.78 is 5.39. The first kappa shape index (κ1) is 20.9. The fourth-order valence-electron chi connectivity index (χ4n) is 6.01. The molecule has 1 amide bonds. The quantitative estimate of drug-likeness (QED) is 0.575. The lowest BCUT2D eigenvalue weighted by Gasteiger charge is -2.37. The molecule has 1 aromatic heterocycles. The average molecular weight is 471 g/mol. The zero-order valence-corrected chi connectivity index (χ0v) is 19.5. The lowest BCUT2D eigenvalue weighted by atomic mass is 9.65. The van der Waals surface area contributed by atoms with Gasteiger partial charge in [-0.15, -0.1) is 11.3 Å². The number of Topliss-reactive ketones (excluding diaryl/α,β-unsaturated/α-hetero) is 2. The smallest absolute Gasteiger partial charge is 0.238 e. The highest BCUT2D eigenvalue weighted by molar-refractivity contribution is 7.12. The van der Waals surface area contributed by atoms with Crippen LogP contribution in [0.1, 0.15) is 27.7 Å². The molecule has 6 nitrogen and oxygen atoms in total. The lowest BCUT2D eigenvalue weighted by molar-refractivity contribution is -0.122. The van der Waals surface area contributed by atoms with Crippen molar-refractivity contribution in [1.82, 2.24) is 0 Å². The van der Waals surface area contributed by atoms with Crippen LogP contribution < -0.4 is 15.0 Å². The van der Waals surface area contributed by atoms with E-state index in [1.165, 1.54) is 18.3 Å². The molecule has 0 unspecified atom stereocenters. The Balaban J connectivity index is 1.65. The van der Waals surface area contributed by atoms with Crippen molar-refractivity contribution in [3.8, 4) is 5.75 Å². The number of thiophene rings is 1. The molecule has 1 spiro atoms. The first-order chi connectivity index (χ1) is 16.5. The van der Waals surface area contributed by atoms with Gasteiger partial charge in [-0.3, -0.25) is 14.4 Å². The van der Waals surface area contributed by atoms with Crippen molar-refractivity contribution in [1.29, 1.82) is 0 Å². The molecule has 0 radical (unpaired) electrons. The molecule has 0 saturated carbocycles. The molecule has 34 heavy (non-hydrogen) atoms. The van der Waals surface area contributed by atoms with Gasteiger partial charge >= 0.3 is 0 Å². The summed E-state index contributed by atoms with van der Waals surface area (Å²) in [6.45, 7) is 1.51. The summed E-state index contributed by atoms with van der Waals surface area (Å²) in [6, 6.07) is 15.4. The molecule has 1 fully saturated rings. The fourth-order valence-corrected chi connectivity index (χ4v) is 6.71.